The minimum atomic E-state index is -0.0805. The van der Waals surface area contributed by atoms with Crippen molar-refractivity contribution in [1.82, 2.24) is 5.32 Å². The second kappa shape index (κ2) is 3.79. The van der Waals surface area contributed by atoms with E-state index in [1.807, 2.05) is 16.8 Å². The van der Waals surface area contributed by atoms with E-state index in [4.69, 9.17) is 0 Å². The van der Waals surface area contributed by atoms with Crippen LogP contribution in [0.25, 0.3) is 0 Å². The molecule has 0 unspecified atom stereocenters. The zero-order chi connectivity index (χ0) is 9.10. The molecule has 1 fully saturated rings. The van der Waals surface area contributed by atoms with Crippen LogP contribution in [0.4, 0.5) is 10.5 Å². The highest BCUT2D eigenvalue weighted by atomic mass is 32.1. The summed E-state index contributed by atoms with van der Waals surface area (Å²) in [6.45, 7) is 0. The van der Waals surface area contributed by atoms with Gasteiger partial charge in [0.15, 0.2) is 0 Å². The molecule has 13 heavy (non-hydrogen) atoms. The van der Waals surface area contributed by atoms with Crippen LogP contribution < -0.4 is 10.6 Å². The zero-order valence-electron chi connectivity index (χ0n) is 7.25. The van der Waals surface area contributed by atoms with Gasteiger partial charge in [-0.25, -0.2) is 4.79 Å². The third-order valence-electron chi connectivity index (χ3n) is 2.22. The van der Waals surface area contributed by atoms with Crippen LogP contribution in [-0.2, 0) is 0 Å². The van der Waals surface area contributed by atoms with E-state index < -0.39 is 0 Å². The molecule has 0 bridgehead atoms. The van der Waals surface area contributed by atoms with Gasteiger partial charge in [-0.05, 0) is 30.7 Å². The number of amides is 2. The van der Waals surface area contributed by atoms with E-state index >= 15 is 0 Å². The monoisotopic (exact) mass is 196 g/mol. The smallest absolute Gasteiger partial charge is 0.319 e. The van der Waals surface area contributed by atoms with Gasteiger partial charge in [-0.2, -0.15) is 11.3 Å². The van der Waals surface area contributed by atoms with Gasteiger partial charge in [0.1, 0.15) is 0 Å². The second-order valence-corrected chi connectivity index (χ2v) is 4.02. The highest BCUT2D eigenvalue weighted by Gasteiger charge is 2.19. The van der Waals surface area contributed by atoms with Gasteiger partial charge >= 0.3 is 6.03 Å². The van der Waals surface area contributed by atoms with Crippen LogP contribution in [0.15, 0.2) is 16.8 Å². The van der Waals surface area contributed by atoms with E-state index in [9.17, 15) is 4.79 Å². The Hall–Kier alpha value is -1.03. The topological polar surface area (TPSA) is 41.1 Å². The van der Waals surface area contributed by atoms with Gasteiger partial charge in [0.2, 0.25) is 0 Å². The van der Waals surface area contributed by atoms with Gasteiger partial charge in [-0.1, -0.05) is 0 Å². The molecular weight excluding hydrogens is 184 g/mol. The first kappa shape index (κ1) is 8.56. The van der Waals surface area contributed by atoms with Crippen LogP contribution in [0.3, 0.4) is 0 Å². The molecule has 0 aliphatic heterocycles. The highest BCUT2D eigenvalue weighted by Crippen LogP contribution is 2.18. The fourth-order valence-electron chi connectivity index (χ4n) is 1.24. The van der Waals surface area contributed by atoms with E-state index in [1.165, 1.54) is 6.42 Å². The summed E-state index contributed by atoms with van der Waals surface area (Å²) in [5.74, 6) is 0. The van der Waals surface area contributed by atoms with Gasteiger partial charge in [-0.15, -0.1) is 0 Å². The molecule has 1 heterocycles. The van der Waals surface area contributed by atoms with Crippen molar-refractivity contribution in [1.29, 1.82) is 0 Å². The van der Waals surface area contributed by atoms with Crippen LogP contribution in [0.1, 0.15) is 19.3 Å². The van der Waals surface area contributed by atoms with Crippen molar-refractivity contribution in [3.63, 3.8) is 0 Å². The molecule has 0 aromatic carbocycles. The molecule has 1 saturated carbocycles. The van der Waals surface area contributed by atoms with Crippen molar-refractivity contribution >= 4 is 23.1 Å². The number of thiophene rings is 1. The maximum atomic E-state index is 11.3. The number of anilines is 1. The molecule has 0 atom stereocenters. The van der Waals surface area contributed by atoms with E-state index in [1.54, 1.807) is 11.3 Å². The summed E-state index contributed by atoms with van der Waals surface area (Å²) >= 11 is 1.58. The summed E-state index contributed by atoms with van der Waals surface area (Å²) in [7, 11) is 0. The first-order valence-electron chi connectivity index (χ1n) is 4.44. The van der Waals surface area contributed by atoms with Gasteiger partial charge in [0.05, 0.1) is 5.69 Å². The minimum absolute atomic E-state index is 0.0805. The molecule has 2 amide bonds. The summed E-state index contributed by atoms with van der Waals surface area (Å²) in [4.78, 5) is 11.3. The van der Waals surface area contributed by atoms with E-state index in [2.05, 4.69) is 10.6 Å². The highest BCUT2D eigenvalue weighted by molar-refractivity contribution is 7.08. The van der Waals surface area contributed by atoms with Gasteiger partial charge in [-0.3, -0.25) is 0 Å². The molecule has 0 spiro atoms. The molecule has 1 aromatic heterocycles. The Morgan fingerprint density at radius 2 is 2.38 bits per heavy atom. The standard InChI is InChI=1S/C9H12N2OS/c12-9(10-7-2-1-3-7)11-8-4-5-13-6-8/h4-7H,1-3H2,(H2,10,11,12). The van der Waals surface area contributed by atoms with Crippen LogP contribution in [0.2, 0.25) is 0 Å². The van der Waals surface area contributed by atoms with Gasteiger partial charge in [0.25, 0.3) is 0 Å². The maximum absolute atomic E-state index is 11.3. The number of carbonyl (C=O) groups excluding carboxylic acids is 1. The lowest BCUT2D eigenvalue weighted by Gasteiger charge is -2.26. The molecule has 2 N–H and O–H groups in total. The lowest BCUT2D eigenvalue weighted by atomic mass is 9.93. The summed E-state index contributed by atoms with van der Waals surface area (Å²) in [5, 5.41) is 9.55. The summed E-state index contributed by atoms with van der Waals surface area (Å²) in [6, 6.07) is 2.21. The average Bonchev–Trinajstić information content (AvgIpc) is 2.49. The molecule has 0 saturated heterocycles. The van der Waals surface area contributed by atoms with E-state index in [0.717, 1.165) is 18.5 Å². The predicted molar refractivity (Wildman–Crippen MR) is 54.1 cm³/mol. The number of hydrogen-bond acceptors (Lipinski definition) is 2. The average molecular weight is 196 g/mol. The molecule has 1 aromatic rings. The summed E-state index contributed by atoms with van der Waals surface area (Å²) < 4.78 is 0. The van der Waals surface area contributed by atoms with Crippen molar-refractivity contribution in [3.05, 3.63) is 16.8 Å². The number of nitrogens with one attached hydrogen (secondary N) is 2. The fraction of sp³-hybridized carbons (Fsp3) is 0.444. The largest absolute Gasteiger partial charge is 0.335 e. The third-order valence-corrected chi connectivity index (χ3v) is 2.90. The number of carbonyl (C=O) groups is 1. The molecule has 3 nitrogen and oxygen atoms in total. The van der Waals surface area contributed by atoms with Crippen molar-refractivity contribution in [2.75, 3.05) is 5.32 Å². The van der Waals surface area contributed by atoms with E-state index in [-0.39, 0.29) is 6.03 Å². The Balaban J connectivity index is 1.78. The Morgan fingerprint density at radius 1 is 1.54 bits per heavy atom. The minimum Gasteiger partial charge on any atom is -0.335 e. The van der Waals surface area contributed by atoms with Gasteiger partial charge in [0, 0.05) is 11.4 Å². The second-order valence-electron chi connectivity index (χ2n) is 3.24. The third kappa shape index (κ3) is 2.21. The van der Waals surface area contributed by atoms with Crippen molar-refractivity contribution < 1.29 is 4.79 Å². The number of rotatable bonds is 2. The maximum Gasteiger partial charge on any atom is 0.319 e. The van der Waals surface area contributed by atoms with Crippen molar-refractivity contribution in [2.24, 2.45) is 0 Å². The molecular formula is C9H12N2OS. The zero-order valence-corrected chi connectivity index (χ0v) is 8.06. The Bertz CT molecular complexity index is 280. The fourth-order valence-corrected chi connectivity index (χ4v) is 1.83. The molecule has 2 rings (SSSR count). The lowest BCUT2D eigenvalue weighted by molar-refractivity contribution is 0.240. The van der Waals surface area contributed by atoms with Crippen LogP contribution in [0, 0.1) is 0 Å². The predicted octanol–water partition coefficient (Wildman–Crippen LogP) is 2.42. The van der Waals surface area contributed by atoms with Crippen LogP contribution in [0.5, 0.6) is 0 Å². The quantitative estimate of drug-likeness (QED) is 0.749. The SMILES string of the molecule is O=C(Nc1ccsc1)NC1CCC1. The van der Waals surface area contributed by atoms with Crippen LogP contribution >= 0.6 is 11.3 Å². The van der Waals surface area contributed by atoms with Crippen molar-refractivity contribution in [2.45, 2.75) is 25.3 Å². The first-order chi connectivity index (χ1) is 6.34. The molecule has 0 radical (unpaired) electrons. The molecule has 4 heteroatoms. The first-order valence-corrected chi connectivity index (χ1v) is 5.38. The summed E-state index contributed by atoms with van der Waals surface area (Å²) in [6.07, 6.45) is 3.48. The molecule has 1 aliphatic carbocycles. The van der Waals surface area contributed by atoms with Crippen LogP contribution in [-0.4, -0.2) is 12.1 Å². The summed E-state index contributed by atoms with van der Waals surface area (Å²) in [5.41, 5.74) is 0.877. The normalized spacial score (nSPS) is 16.3. The lowest BCUT2D eigenvalue weighted by Crippen LogP contribution is -2.41. The Kier molecular flexibility index (Phi) is 2.49. The molecule has 1 aliphatic rings. The Labute approximate surface area is 81.2 Å². The van der Waals surface area contributed by atoms with E-state index in [0.29, 0.717) is 6.04 Å². The van der Waals surface area contributed by atoms with Gasteiger partial charge < -0.3 is 10.6 Å². The number of hydrogen-bond donors (Lipinski definition) is 2. The number of urea groups is 1. The molecule has 70 valence electrons. The Morgan fingerprint density at radius 3 is 2.92 bits per heavy atom. The van der Waals surface area contributed by atoms with Crippen molar-refractivity contribution in [3.8, 4) is 0 Å².